The zero-order chi connectivity index (χ0) is 17.5. The van der Waals surface area contributed by atoms with Crippen LogP contribution in [0, 0.1) is 5.92 Å². The monoisotopic (exact) mass is 320 g/mol. The maximum absolute atomic E-state index is 11.9. The summed E-state index contributed by atoms with van der Waals surface area (Å²) in [6.07, 6.45) is 0.498. The molecule has 2 unspecified atom stereocenters. The number of nitrogens with one attached hydrogen (secondary N) is 2. The van der Waals surface area contributed by atoms with Gasteiger partial charge in [0.05, 0.1) is 0 Å². The van der Waals surface area contributed by atoms with Crippen molar-refractivity contribution in [1.82, 2.24) is 10.6 Å². The predicted molar refractivity (Wildman–Crippen MR) is 95.5 cm³/mol. The Morgan fingerprint density at radius 2 is 1.78 bits per heavy atom. The molecule has 0 aliphatic carbocycles. The largest absolute Gasteiger partial charge is 0.444 e. The first-order valence-corrected chi connectivity index (χ1v) is 8.50. The molecule has 1 amide bonds. The van der Waals surface area contributed by atoms with Crippen LogP contribution in [0.1, 0.15) is 59.6 Å². The molecule has 2 N–H and O–H groups in total. The summed E-state index contributed by atoms with van der Waals surface area (Å²) in [7, 11) is 0. The number of amides is 1. The lowest BCUT2D eigenvalue weighted by Gasteiger charge is -2.27. The van der Waals surface area contributed by atoms with Crippen LogP contribution < -0.4 is 10.6 Å². The van der Waals surface area contributed by atoms with Crippen LogP contribution in [0.25, 0.3) is 0 Å². The third-order valence-electron chi connectivity index (χ3n) is 3.62. The molecule has 0 aromatic heterocycles. The van der Waals surface area contributed by atoms with E-state index in [0.717, 1.165) is 6.42 Å². The summed E-state index contributed by atoms with van der Waals surface area (Å²) >= 11 is 0. The fourth-order valence-corrected chi connectivity index (χ4v) is 2.44. The van der Waals surface area contributed by atoms with E-state index in [0.29, 0.717) is 12.5 Å². The Bertz CT molecular complexity index is 466. The van der Waals surface area contributed by atoms with Gasteiger partial charge < -0.3 is 15.4 Å². The van der Waals surface area contributed by atoms with Gasteiger partial charge in [0, 0.05) is 18.6 Å². The average molecular weight is 320 g/mol. The highest BCUT2D eigenvalue weighted by molar-refractivity contribution is 5.68. The summed E-state index contributed by atoms with van der Waals surface area (Å²) < 4.78 is 5.33. The summed E-state index contributed by atoms with van der Waals surface area (Å²) in [6, 6.07) is 10.7. The van der Waals surface area contributed by atoms with E-state index in [1.54, 1.807) is 0 Å². The molecule has 2 atom stereocenters. The smallest absolute Gasteiger partial charge is 0.407 e. The molecule has 1 aromatic rings. The van der Waals surface area contributed by atoms with Crippen LogP contribution in [0.15, 0.2) is 30.3 Å². The van der Waals surface area contributed by atoms with Crippen LogP contribution in [-0.4, -0.2) is 24.3 Å². The quantitative estimate of drug-likeness (QED) is 0.788. The molecule has 4 nitrogen and oxygen atoms in total. The van der Waals surface area contributed by atoms with E-state index in [1.807, 2.05) is 26.8 Å². The summed E-state index contributed by atoms with van der Waals surface area (Å²) in [5.41, 5.74) is 0.801. The van der Waals surface area contributed by atoms with Crippen molar-refractivity contribution in [2.45, 2.75) is 65.6 Å². The van der Waals surface area contributed by atoms with Crippen LogP contribution in [0.4, 0.5) is 4.79 Å². The lowest BCUT2D eigenvalue weighted by Crippen LogP contribution is -2.45. The van der Waals surface area contributed by atoms with Gasteiger partial charge in [-0.05, 0) is 38.7 Å². The lowest BCUT2D eigenvalue weighted by atomic mass is 9.96. The van der Waals surface area contributed by atoms with Gasteiger partial charge in [0.2, 0.25) is 0 Å². The molecule has 1 rings (SSSR count). The highest BCUT2D eigenvalue weighted by Gasteiger charge is 2.20. The molecule has 0 heterocycles. The third kappa shape index (κ3) is 7.51. The van der Waals surface area contributed by atoms with Crippen LogP contribution in [-0.2, 0) is 4.74 Å². The Labute approximate surface area is 141 Å². The van der Waals surface area contributed by atoms with Crippen LogP contribution >= 0.6 is 0 Å². The molecule has 23 heavy (non-hydrogen) atoms. The van der Waals surface area contributed by atoms with Crippen LogP contribution in [0.3, 0.4) is 0 Å². The number of ether oxygens (including phenoxy) is 1. The fourth-order valence-electron chi connectivity index (χ4n) is 2.44. The van der Waals surface area contributed by atoms with Crippen molar-refractivity contribution in [1.29, 1.82) is 0 Å². The molecule has 0 aliphatic rings. The van der Waals surface area contributed by atoms with Crippen molar-refractivity contribution in [2.75, 3.05) is 6.54 Å². The number of benzene rings is 1. The second-order valence-corrected chi connectivity index (χ2v) is 7.29. The Morgan fingerprint density at radius 1 is 1.17 bits per heavy atom. The highest BCUT2D eigenvalue weighted by Crippen LogP contribution is 2.21. The molecule has 0 bridgehead atoms. The lowest BCUT2D eigenvalue weighted by molar-refractivity contribution is 0.0501. The first-order chi connectivity index (χ1) is 10.7. The van der Waals surface area contributed by atoms with Gasteiger partial charge in [-0.3, -0.25) is 0 Å². The highest BCUT2D eigenvalue weighted by atomic mass is 16.6. The van der Waals surface area contributed by atoms with E-state index in [1.165, 1.54) is 5.56 Å². The first kappa shape index (κ1) is 19.5. The zero-order valence-electron chi connectivity index (χ0n) is 15.3. The van der Waals surface area contributed by atoms with Crippen molar-refractivity contribution in [3.8, 4) is 0 Å². The van der Waals surface area contributed by atoms with E-state index in [-0.39, 0.29) is 18.2 Å². The number of rotatable bonds is 7. The van der Waals surface area contributed by atoms with Gasteiger partial charge in [-0.2, -0.15) is 0 Å². The first-order valence-electron chi connectivity index (χ1n) is 8.50. The van der Waals surface area contributed by atoms with E-state index in [2.05, 4.69) is 55.7 Å². The van der Waals surface area contributed by atoms with E-state index >= 15 is 0 Å². The molecular weight excluding hydrogens is 288 g/mol. The van der Waals surface area contributed by atoms with Crippen LogP contribution in [0.5, 0.6) is 0 Å². The number of carbonyl (C=O) groups is 1. The Hall–Kier alpha value is -1.55. The topological polar surface area (TPSA) is 50.4 Å². The fraction of sp³-hybridized carbons (Fsp3) is 0.632. The summed E-state index contributed by atoms with van der Waals surface area (Å²) in [5, 5.41) is 6.53. The van der Waals surface area contributed by atoms with E-state index in [4.69, 9.17) is 4.74 Å². The average Bonchev–Trinajstić information content (AvgIpc) is 2.45. The molecule has 0 saturated carbocycles. The maximum Gasteiger partial charge on any atom is 0.407 e. The summed E-state index contributed by atoms with van der Waals surface area (Å²) in [6.45, 7) is 12.8. The molecule has 130 valence electrons. The Morgan fingerprint density at radius 3 is 2.26 bits per heavy atom. The summed E-state index contributed by atoms with van der Waals surface area (Å²) in [4.78, 5) is 11.9. The minimum atomic E-state index is -0.472. The molecule has 1 aromatic carbocycles. The molecule has 0 fully saturated rings. The van der Waals surface area contributed by atoms with Crippen molar-refractivity contribution in [3.63, 3.8) is 0 Å². The standard InChI is InChI=1S/C19H32N2O2/c1-7-16(21-18(22)23-19(4,5)6)13-20-17(14(2)3)15-11-9-8-10-12-15/h8-12,14,16-17,20H,7,13H2,1-6H3,(H,21,22). The van der Waals surface area contributed by atoms with Gasteiger partial charge in [0.15, 0.2) is 0 Å². The number of alkyl carbamates (subject to hydrolysis) is 1. The predicted octanol–water partition coefficient (Wildman–Crippen LogP) is 4.28. The van der Waals surface area contributed by atoms with Crippen molar-refractivity contribution in [2.24, 2.45) is 5.92 Å². The normalized spacial score (nSPS) is 14.4. The third-order valence-corrected chi connectivity index (χ3v) is 3.62. The van der Waals surface area contributed by atoms with Crippen molar-refractivity contribution in [3.05, 3.63) is 35.9 Å². The maximum atomic E-state index is 11.9. The van der Waals surface area contributed by atoms with Gasteiger partial charge in [-0.25, -0.2) is 4.79 Å². The second kappa shape index (κ2) is 8.92. The minimum Gasteiger partial charge on any atom is -0.444 e. The van der Waals surface area contributed by atoms with Gasteiger partial charge >= 0.3 is 6.09 Å². The molecule has 0 radical (unpaired) electrons. The molecule has 0 spiro atoms. The second-order valence-electron chi connectivity index (χ2n) is 7.29. The molecular formula is C19H32N2O2. The summed E-state index contributed by atoms with van der Waals surface area (Å²) in [5.74, 6) is 0.469. The number of hydrogen-bond acceptors (Lipinski definition) is 3. The van der Waals surface area contributed by atoms with Gasteiger partial charge in [0.1, 0.15) is 5.60 Å². The van der Waals surface area contributed by atoms with E-state index in [9.17, 15) is 4.79 Å². The minimum absolute atomic E-state index is 0.0508. The van der Waals surface area contributed by atoms with Crippen molar-refractivity contribution < 1.29 is 9.53 Å². The molecule has 4 heteroatoms. The van der Waals surface area contributed by atoms with Crippen molar-refractivity contribution >= 4 is 6.09 Å². The molecule has 0 aliphatic heterocycles. The van der Waals surface area contributed by atoms with Gasteiger partial charge in [0.25, 0.3) is 0 Å². The number of carbonyl (C=O) groups excluding carboxylic acids is 1. The number of hydrogen-bond donors (Lipinski definition) is 2. The SMILES string of the molecule is CCC(CNC(c1ccccc1)C(C)C)NC(=O)OC(C)(C)C. The zero-order valence-corrected chi connectivity index (χ0v) is 15.3. The Balaban J connectivity index is 2.59. The van der Waals surface area contributed by atoms with Crippen LogP contribution in [0.2, 0.25) is 0 Å². The molecule has 0 saturated heterocycles. The van der Waals surface area contributed by atoms with Gasteiger partial charge in [-0.1, -0.05) is 51.1 Å². The Kier molecular flexibility index (Phi) is 7.56. The van der Waals surface area contributed by atoms with E-state index < -0.39 is 5.60 Å². The van der Waals surface area contributed by atoms with Gasteiger partial charge in [-0.15, -0.1) is 0 Å².